The van der Waals surface area contributed by atoms with Crippen LogP contribution in [0.5, 0.6) is 0 Å². The molecule has 1 aromatic carbocycles. The van der Waals surface area contributed by atoms with E-state index in [0.717, 1.165) is 30.5 Å². The Bertz CT molecular complexity index is 419. The molecule has 0 aliphatic heterocycles. The van der Waals surface area contributed by atoms with Crippen molar-refractivity contribution >= 4 is 17.3 Å². The van der Waals surface area contributed by atoms with Crippen molar-refractivity contribution in [1.29, 1.82) is 0 Å². The average Bonchev–Trinajstić information content (AvgIpc) is 2.38. The summed E-state index contributed by atoms with van der Waals surface area (Å²) in [6, 6.07) is 5.46. The largest absolute Gasteiger partial charge is 0.399 e. The van der Waals surface area contributed by atoms with Gasteiger partial charge in [0, 0.05) is 18.0 Å². The number of carbonyl (C=O) groups is 1. The summed E-state index contributed by atoms with van der Waals surface area (Å²) < 4.78 is 5.50. The third-order valence-corrected chi connectivity index (χ3v) is 3.00. The smallest absolute Gasteiger partial charge is 0.253 e. The highest BCUT2D eigenvalue weighted by molar-refractivity contribution is 5.95. The number of aryl methyl sites for hydroxylation is 1. The molecule has 4 nitrogen and oxygen atoms in total. The Morgan fingerprint density at radius 1 is 1.42 bits per heavy atom. The number of ether oxygens (including phenoxy) is 1. The topological polar surface area (TPSA) is 64.3 Å². The molecule has 0 aromatic heterocycles. The molecule has 1 atom stereocenters. The van der Waals surface area contributed by atoms with Gasteiger partial charge in [0.1, 0.15) is 6.10 Å². The molecule has 4 heteroatoms. The molecule has 0 fully saturated rings. The number of carbonyl (C=O) groups excluding carboxylic acids is 1. The highest BCUT2D eigenvalue weighted by Gasteiger charge is 2.14. The van der Waals surface area contributed by atoms with Gasteiger partial charge in [0.15, 0.2) is 0 Å². The van der Waals surface area contributed by atoms with Gasteiger partial charge >= 0.3 is 0 Å². The molecule has 1 amide bonds. The molecular weight excluding hydrogens is 240 g/mol. The summed E-state index contributed by atoms with van der Waals surface area (Å²) in [6.45, 7) is 6.46. The second-order valence-corrected chi connectivity index (χ2v) is 4.78. The molecule has 0 aliphatic rings. The normalized spacial score (nSPS) is 12.2. The molecule has 0 bridgehead atoms. The molecular formula is C15H24N2O2. The summed E-state index contributed by atoms with van der Waals surface area (Å²) >= 11 is 0. The van der Waals surface area contributed by atoms with Gasteiger partial charge in [-0.25, -0.2) is 0 Å². The second-order valence-electron chi connectivity index (χ2n) is 4.78. The molecule has 3 N–H and O–H groups in total. The minimum absolute atomic E-state index is 0.134. The number of anilines is 2. The predicted molar refractivity (Wildman–Crippen MR) is 79.2 cm³/mol. The molecule has 106 valence electrons. The van der Waals surface area contributed by atoms with Gasteiger partial charge in [-0.1, -0.05) is 25.8 Å². The van der Waals surface area contributed by atoms with E-state index in [2.05, 4.69) is 12.2 Å². The lowest BCUT2D eigenvalue weighted by atomic mass is 10.1. The van der Waals surface area contributed by atoms with E-state index in [1.54, 1.807) is 13.0 Å². The van der Waals surface area contributed by atoms with Gasteiger partial charge in [0.25, 0.3) is 5.91 Å². The van der Waals surface area contributed by atoms with E-state index >= 15 is 0 Å². The number of rotatable bonds is 7. The fourth-order valence-electron chi connectivity index (χ4n) is 1.70. The van der Waals surface area contributed by atoms with Gasteiger partial charge in [0.2, 0.25) is 0 Å². The lowest BCUT2D eigenvalue weighted by molar-refractivity contribution is -0.126. The Morgan fingerprint density at radius 2 is 2.16 bits per heavy atom. The molecule has 1 unspecified atom stereocenters. The zero-order valence-electron chi connectivity index (χ0n) is 12.0. The number of hydrogen-bond acceptors (Lipinski definition) is 3. The van der Waals surface area contributed by atoms with E-state index in [0.29, 0.717) is 12.3 Å². The summed E-state index contributed by atoms with van der Waals surface area (Å²) in [7, 11) is 0. The molecule has 0 radical (unpaired) electrons. The first-order chi connectivity index (χ1) is 9.04. The molecule has 0 saturated carbocycles. The summed E-state index contributed by atoms with van der Waals surface area (Å²) in [6.07, 6.45) is 2.82. The van der Waals surface area contributed by atoms with Gasteiger partial charge in [-0.05, 0) is 38.0 Å². The fourth-order valence-corrected chi connectivity index (χ4v) is 1.70. The first kappa shape index (κ1) is 15.5. The van der Waals surface area contributed by atoms with Crippen LogP contribution in [0.4, 0.5) is 11.4 Å². The van der Waals surface area contributed by atoms with Crippen molar-refractivity contribution in [3.63, 3.8) is 0 Å². The summed E-state index contributed by atoms with van der Waals surface area (Å²) in [5.74, 6) is -0.134. The first-order valence-electron chi connectivity index (χ1n) is 6.83. The summed E-state index contributed by atoms with van der Waals surface area (Å²) in [4.78, 5) is 12.0. The Kier molecular flexibility index (Phi) is 6.36. The summed E-state index contributed by atoms with van der Waals surface area (Å²) in [5.41, 5.74) is 8.08. The lowest BCUT2D eigenvalue weighted by Gasteiger charge is -2.15. The molecule has 0 spiro atoms. The van der Waals surface area contributed by atoms with E-state index in [9.17, 15) is 4.79 Å². The average molecular weight is 264 g/mol. The van der Waals surface area contributed by atoms with Crippen LogP contribution in [0.25, 0.3) is 0 Å². The van der Waals surface area contributed by atoms with Gasteiger partial charge in [-0.15, -0.1) is 0 Å². The van der Waals surface area contributed by atoms with Crippen LogP contribution in [0.1, 0.15) is 38.7 Å². The van der Waals surface area contributed by atoms with Crippen LogP contribution in [-0.2, 0) is 9.53 Å². The number of nitrogen functional groups attached to an aromatic ring is 1. The Hall–Kier alpha value is -1.55. The Balaban J connectivity index is 2.47. The van der Waals surface area contributed by atoms with Crippen LogP contribution < -0.4 is 11.1 Å². The predicted octanol–water partition coefficient (Wildman–Crippen LogP) is 3.11. The van der Waals surface area contributed by atoms with Crippen molar-refractivity contribution in [3.05, 3.63) is 23.8 Å². The summed E-state index contributed by atoms with van der Waals surface area (Å²) in [5, 5.41) is 2.85. The molecule has 0 heterocycles. The Labute approximate surface area is 115 Å². The van der Waals surface area contributed by atoms with Crippen LogP contribution >= 0.6 is 0 Å². The lowest BCUT2D eigenvalue weighted by Crippen LogP contribution is -2.28. The molecule has 0 aliphatic carbocycles. The number of nitrogens with two attached hydrogens (primary N) is 1. The molecule has 19 heavy (non-hydrogen) atoms. The number of hydrogen-bond donors (Lipinski definition) is 2. The van der Waals surface area contributed by atoms with Gasteiger partial charge in [0.05, 0.1) is 0 Å². The maximum atomic E-state index is 12.0. The van der Waals surface area contributed by atoms with E-state index < -0.39 is 6.10 Å². The maximum Gasteiger partial charge on any atom is 0.253 e. The van der Waals surface area contributed by atoms with Crippen LogP contribution in [0.3, 0.4) is 0 Å². The monoisotopic (exact) mass is 264 g/mol. The van der Waals surface area contributed by atoms with Crippen molar-refractivity contribution in [1.82, 2.24) is 0 Å². The minimum Gasteiger partial charge on any atom is -0.399 e. The molecule has 1 rings (SSSR count). The third kappa shape index (κ3) is 5.30. The quantitative estimate of drug-likeness (QED) is 0.587. The van der Waals surface area contributed by atoms with E-state index in [-0.39, 0.29) is 5.91 Å². The Morgan fingerprint density at radius 3 is 2.84 bits per heavy atom. The first-order valence-corrected chi connectivity index (χ1v) is 6.83. The van der Waals surface area contributed by atoms with Crippen LogP contribution in [0, 0.1) is 6.92 Å². The van der Waals surface area contributed by atoms with Gasteiger partial charge < -0.3 is 15.8 Å². The fraction of sp³-hybridized carbons (Fsp3) is 0.533. The minimum atomic E-state index is -0.447. The zero-order chi connectivity index (χ0) is 14.3. The van der Waals surface area contributed by atoms with Crippen molar-refractivity contribution in [3.8, 4) is 0 Å². The number of benzene rings is 1. The van der Waals surface area contributed by atoms with Crippen molar-refractivity contribution in [2.75, 3.05) is 17.7 Å². The molecule has 1 aromatic rings. The highest BCUT2D eigenvalue weighted by Crippen LogP contribution is 2.18. The third-order valence-electron chi connectivity index (χ3n) is 3.00. The second kappa shape index (κ2) is 7.79. The number of unbranched alkanes of at least 4 members (excludes halogenated alkanes) is 2. The highest BCUT2D eigenvalue weighted by atomic mass is 16.5. The van der Waals surface area contributed by atoms with E-state index in [1.165, 1.54) is 0 Å². The van der Waals surface area contributed by atoms with Gasteiger partial charge in [-0.3, -0.25) is 4.79 Å². The van der Waals surface area contributed by atoms with Gasteiger partial charge in [-0.2, -0.15) is 0 Å². The maximum absolute atomic E-state index is 12.0. The zero-order valence-corrected chi connectivity index (χ0v) is 12.0. The van der Waals surface area contributed by atoms with Crippen molar-refractivity contribution in [2.45, 2.75) is 46.1 Å². The molecule has 0 saturated heterocycles. The van der Waals surface area contributed by atoms with Crippen molar-refractivity contribution in [2.24, 2.45) is 0 Å². The van der Waals surface area contributed by atoms with Crippen LogP contribution in [0.2, 0.25) is 0 Å². The number of nitrogens with one attached hydrogen (secondary N) is 1. The van der Waals surface area contributed by atoms with Crippen LogP contribution in [0.15, 0.2) is 18.2 Å². The SMILES string of the molecule is CCCCCOC(C)C(=O)Nc1cc(N)ccc1C. The van der Waals surface area contributed by atoms with Crippen molar-refractivity contribution < 1.29 is 9.53 Å². The van der Waals surface area contributed by atoms with E-state index in [1.807, 2.05) is 19.1 Å². The van der Waals surface area contributed by atoms with Crippen LogP contribution in [-0.4, -0.2) is 18.6 Å². The van der Waals surface area contributed by atoms with E-state index in [4.69, 9.17) is 10.5 Å². The number of amides is 1. The standard InChI is InChI=1S/C15H24N2O2/c1-4-5-6-9-19-12(3)15(18)17-14-10-13(16)8-7-11(14)2/h7-8,10,12H,4-6,9,16H2,1-3H3,(H,17,18).